The van der Waals surface area contributed by atoms with Crippen LogP contribution in [0.2, 0.25) is 5.02 Å². The van der Waals surface area contributed by atoms with E-state index in [0.29, 0.717) is 68.0 Å². The van der Waals surface area contributed by atoms with Crippen molar-refractivity contribution >= 4 is 56.8 Å². The number of thioether (sulfide) groups is 1. The van der Waals surface area contributed by atoms with Crippen LogP contribution in [0.3, 0.4) is 0 Å². The number of nitrogens with zero attached hydrogens (tertiary/aromatic N) is 3. The van der Waals surface area contributed by atoms with Crippen molar-refractivity contribution in [3.05, 3.63) is 133 Å². The molecule has 0 spiro atoms. The summed E-state index contributed by atoms with van der Waals surface area (Å²) in [5.74, 6) is 2.01. The Morgan fingerprint density at radius 1 is 0.959 bits per heavy atom. The van der Waals surface area contributed by atoms with Gasteiger partial charge in [0.25, 0.3) is 5.91 Å². The summed E-state index contributed by atoms with van der Waals surface area (Å²) < 4.78 is 15.1. The Morgan fingerprint density at radius 2 is 1.69 bits per heavy atom. The predicted molar refractivity (Wildman–Crippen MR) is 201 cm³/mol. The summed E-state index contributed by atoms with van der Waals surface area (Å²) in [5, 5.41) is 12.6. The SMILES string of the molecule is CCOc1cc(C2C(C(=O)Nc3ccccc3)=C(C)Nc3nc(SCc4ccccc4Cl)nn32)cc(Br)c1OCc1cc(C)c(C)cc1C. The first-order chi connectivity index (χ1) is 23.6. The van der Waals surface area contributed by atoms with E-state index in [-0.39, 0.29) is 5.91 Å². The van der Waals surface area contributed by atoms with Gasteiger partial charge >= 0.3 is 0 Å². The van der Waals surface area contributed by atoms with Gasteiger partial charge in [0.2, 0.25) is 11.1 Å². The van der Waals surface area contributed by atoms with E-state index in [1.54, 1.807) is 4.68 Å². The summed E-state index contributed by atoms with van der Waals surface area (Å²) >= 11 is 11.7. The molecule has 49 heavy (non-hydrogen) atoms. The van der Waals surface area contributed by atoms with Gasteiger partial charge in [0.15, 0.2) is 11.5 Å². The molecule has 0 aliphatic carbocycles. The molecule has 0 bridgehead atoms. The molecule has 1 aliphatic heterocycles. The highest BCUT2D eigenvalue weighted by atomic mass is 79.9. The Hall–Kier alpha value is -4.25. The molecule has 1 atom stereocenters. The van der Waals surface area contributed by atoms with Gasteiger partial charge in [-0.05, 0) is 114 Å². The minimum atomic E-state index is -0.631. The summed E-state index contributed by atoms with van der Waals surface area (Å²) in [6.07, 6.45) is 0. The highest BCUT2D eigenvalue weighted by Gasteiger charge is 2.35. The van der Waals surface area contributed by atoms with E-state index in [9.17, 15) is 4.79 Å². The van der Waals surface area contributed by atoms with Crippen LogP contribution in [0.25, 0.3) is 0 Å². The van der Waals surface area contributed by atoms with Crippen LogP contribution >= 0.6 is 39.3 Å². The third-order valence-corrected chi connectivity index (χ3v) is 10.2. The standard InChI is InChI=1S/C38H37BrClN5O3S/c1-6-47-32-19-27(18-30(39)35(32)48-20-28-17-23(3)22(2)16-24(28)4)34-33(36(46)42-29-13-8-7-9-14-29)25(5)41-37-43-38(44-45(34)37)49-21-26-12-10-11-15-31(26)40/h7-19,34H,6,20-21H2,1-5H3,(H,42,46)(H,41,43,44). The number of anilines is 2. The lowest BCUT2D eigenvalue weighted by Gasteiger charge is -2.29. The number of ether oxygens (including phenoxy) is 2. The topological polar surface area (TPSA) is 90.3 Å². The second-order valence-electron chi connectivity index (χ2n) is 11.8. The molecule has 252 valence electrons. The smallest absolute Gasteiger partial charge is 0.255 e. The maximum absolute atomic E-state index is 14.1. The van der Waals surface area contributed by atoms with Gasteiger partial charge < -0.3 is 20.1 Å². The first kappa shape index (κ1) is 34.6. The Bertz CT molecular complexity index is 2050. The lowest BCUT2D eigenvalue weighted by molar-refractivity contribution is -0.113. The third-order valence-electron chi connectivity index (χ3n) is 8.40. The number of fused-ring (bicyclic) bond motifs is 1. The fourth-order valence-electron chi connectivity index (χ4n) is 5.75. The molecule has 11 heteroatoms. The third kappa shape index (κ3) is 7.66. The summed E-state index contributed by atoms with van der Waals surface area (Å²) in [6.45, 7) is 10.9. The average Bonchev–Trinajstić information content (AvgIpc) is 3.48. The van der Waals surface area contributed by atoms with E-state index in [4.69, 9.17) is 31.2 Å². The van der Waals surface area contributed by atoms with E-state index in [2.05, 4.69) is 59.5 Å². The number of carbonyl (C=O) groups is 1. The molecule has 1 unspecified atom stereocenters. The van der Waals surface area contributed by atoms with Crippen LogP contribution in [0.4, 0.5) is 11.6 Å². The number of benzene rings is 4. The predicted octanol–water partition coefficient (Wildman–Crippen LogP) is 9.82. The molecule has 1 aromatic heterocycles. The monoisotopic (exact) mass is 757 g/mol. The molecule has 1 aliphatic rings. The van der Waals surface area contributed by atoms with Gasteiger partial charge in [-0.3, -0.25) is 4.79 Å². The lowest BCUT2D eigenvalue weighted by atomic mass is 9.94. The molecular formula is C38H37BrClN5O3S. The Kier molecular flexibility index (Phi) is 10.7. The highest BCUT2D eigenvalue weighted by Crippen LogP contribution is 2.44. The van der Waals surface area contributed by atoms with Crippen molar-refractivity contribution in [2.45, 2.75) is 58.2 Å². The Morgan fingerprint density at radius 3 is 2.45 bits per heavy atom. The summed E-state index contributed by atoms with van der Waals surface area (Å²) in [5.41, 5.74) is 8.35. The van der Waals surface area contributed by atoms with Crippen molar-refractivity contribution in [2.75, 3.05) is 17.2 Å². The normalized spacial score (nSPS) is 13.9. The first-order valence-electron chi connectivity index (χ1n) is 16.0. The zero-order chi connectivity index (χ0) is 34.7. The van der Waals surface area contributed by atoms with E-state index in [0.717, 1.165) is 16.7 Å². The molecule has 4 aromatic carbocycles. The van der Waals surface area contributed by atoms with Crippen molar-refractivity contribution < 1.29 is 14.3 Å². The van der Waals surface area contributed by atoms with Crippen LogP contribution in [-0.4, -0.2) is 27.3 Å². The molecule has 5 aromatic rings. The maximum atomic E-state index is 14.1. The molecule has 2 N–H and O–H groups in total. The fraction of sp³-hybridized carbons (Fsp3) is 0.237. The molecule has 2 heterocycles. The lowest BCUT2D eigenvalue weighted by Crippen LogP contribution is -2.31. The van der Waals surface area contributed by atoms with Gasteiger partial charge in [0.1, 0.15) is 12.6 Å². The van der Waals surface area contributed by atoms with Crippen molar-refractivity contribution in [1.82, 2.24) is 14.8 Å². The van der Waals surface area contributed by atoms with Crippen LogP contribution in [0, 0.1) is 20.8 Å². The molecule has 1 amide bonds. The van der Waals surface area contributed by atoms with Gasteiger partial charge in [0.05, 0.1) is 16.7 Å². The first-order valence-corrected chi connectivity index (χ1v) is 18.1. The minimum absolute atomic E-state index is 0.257. The van der Waals surface area contributed by atoms with Crippen molar-refractivity contribution in [2.24, 2.45) is 0 Å². The number of hydrogen-bond acceptors (Lipinski definition) is 7. The summed E-state index contributed by atoms with van der Waals surface area (Å²) in [6, 6.07) is 24.7. The molecule has 0 radical (unpaired) electrons. The van der Waals surface area contributed by atoms with Crippen molar-refractivity contribution in [1.29, 1.82) is 0 Å². The number of carbonyl (C=O) groups excluding carboxylic acids is 1. The minimum Gasteiger partial charge on any atom is -0.490 e. The fourth-order valence-corrected chi connectivity index (χ4v) is 7.44. The van der Waals surface area contributed by atoms with Crippen LogP contribution in [0.15, 0.2) is 99.8 Å². The second-order valence-corrected chi connectivity index (χ2v) is 14.0. The van der Waals surface area contributed by atoms with Crippen molar-refractivity contribution in [3.63, 3.8) is 0 Å². The molecule has 0 saturated carbocycles. The number of para-hydroxylation sites is 1. The maximum Gasteiger partial charge on any atom is 0.255 e. The molecule has 6 rings (SSSR count). The number of amides is 1. The van der Waals surface area contributed by atoms with Gasteiger partial charge in [-0.1, -0.05) is 71.9 Å². The van der Waals surface area contributed by atoms with Gasteiger partial charge in [0, 0.05) is 22.2 Å². The van der Waals surface area contributed by atoms with Crippen LogP contribution in [-0.2, 0) is 17.2 Å². The number of hydrogen-bond donors (Lipinski definition) is 2. The zero-order valence-electron chi connectivity index (χ0n) is 27.9. The van der Waals surface area contributed by atoms with E-state index in [1.165, 1.54) is 28.5 Å². The molecular weight excluding hydrogens is 722 g/mol. The number of aryl methyl sites for hydroxylation is 3. The van der Waals surface area contributed by atoms with Crippen LogP contribution in [0.1, 0.15) is 53.3 Å². The molecule has 8 nitrogen and oxygen atoms in total. The number of rotatable bonds is 11. The van der Waals surface area contributed by atoms with Gasteiger partial charge in [-0.2, -0.15) is 4.98 Å². The number of halogens is 2. The van der Waals surface area contributed by atoms with Crippen LogP contribution in [0.5, 0.6) is 11.5 Å². The largest absolute Gasteiger partial charge is 0.490 e. The summed E-state index contributed by atoms with van der Waals surface area (Å²) in [7, 11) is 0. The number of aromatic nitrogens is 3. The zero-order valence-corrected chi connectivity index (χ0v) is 31.1. The van der Waals surface area contributed by atoms with Gasteiger partial charge in [-0.25, -0.2) is 4.68 Å². The van der Waals surface area contributed by atoms with E-state index in [1.807, 2.05) is 80.6 Å². The Balaban J connectivity index is 1.39. The quantitative estimate of drug-likeness (QED) is 0.130. The highest BCUT2D eigenvalue weighted by molar-refractivity contribution is 9.10. The summed E-state index contributed by atoms with van der Waals surface area (Å²) in [4.78, 5) is 18.9. The number of allylic oxidation sites excluding steroid dienone is 1. The Labute approximate surface area is 304 Å². The van der Waals surface area contributed by atoms with Gasteiger partial charge in [-0.15, -0.1) is 5.10 Å². The second kappa shape index (κ2) is 15.1. The van der Waals surface area contributed by atoms with E-state index < -0.39 is 6.04 Å². The van der Waals surface area contributed by atoms with Crippen LogP contribution < -0.4 is 20.1 Å². The van der Waals surface area contributed by atoms with Crippen molar-refractivity contribution in [3.8, 4) is 11.5 Å². The number of nitrogens with one attached hydrogen (secondary N) is 2. The molecule has 0 saturated heterocycles. The average molecular weight is 759 g/mol. The molecule has 0 fully saturated rings. The van der Waals surface area contributed by atoms with E-state index >= 15 is 0 Å².